The van der Waals surface area contributed by atoms with Crippen molar-refractivity contribution in [1.82, 2.24) is 9.78 Å². The van der Waals surface area contributed by atoms with Gasteiger partial charge in [0.25, 0.3) is 15.6 Å². The molecule has 1 unspecified atom stereocenters. The second kappa shape index (κ2) is 8.65. The lowest BCUT2D eigenvalue weighted by Crippen LogP contribution is -2.21. The summed E-state index contributed by atoms with van der Waals surface area (Å²) in [6.45, 7) is 4.15. The van der Waals surface area contributed by atoms with Crippen LogP contribution < -0.4 is 19.8 Å². The molecule has 1 aliphatic rings. The van der Waals surface area contributed by atoms with E-state index in [0.717, 1.165) is 16.7 Å². The van der Waals surface area contributed by atoms with Gasteiger partial charge in [0.1, 0.15) is 22.6 Å². The van der Waals surface area contributed by atoms with E-state index in [0.29, 0.717) is 23.8 Å². The number of benzene rings is 2. The van der Waals surface area contributed by atoms with Crippen LogP contribution in [0.15, 0.2) is 52.3 Å². The Labute approximate surface area is 194 Å². The number of ether oxygens (including phenoxy) is 2. The molecule has 3 aromatic rings. The summed E-state index contributed by atoms with van der Waals surface area (Å²) < 4.78 is 41.0. The number of nitrogens with one attached hydrogen (secondary N) is 1. The Bertz CT molecular complexity index is 1340. The molecule has 0 saturated carbocycles. The highest BCUT2D eigenvalue weighted by molar-refractivity contribution is 7.92. The van der Waals surface area contributed by atoms with E-state index in [1.54, 1.807) is 12.1 Å². The van der Waals surface area contributed by atoms with E-state index in [2.05, 4.69) is 9.82 Å². The molecule has 2 heterocycles. The smallest absolute Gasteiger partial charge is 0.291 e. The first kappa shape index (κ1) is 22.4. The Hall–Kier alpha value is -2.75. The lowest BCUT2D eigenvalue weighted by molar-refractivity contribution is 0.254. The number of halogens is 2. The lowest BCUT2D eigenvalue weighted by atomic mass is 10.1. The Morgan fingerprint density at radius 2 is 1.97 bits per heavy atom. The van der Waals surface area contributed by atoms with Gasteiger partial charge in [-0.2, -0.15) is 9.78 Å². The Kier molecular flexibility index (Phi) is 6.07. The van der Waals surface area contributed by atoms with Gasteiger partial charge in [-0.05, 0) is 44.2 Å². The van der Waals surface area contributed by atoms with Gasteiger partial charge in [-0.3, -0.25) is 9.52 Å². The topological polar surface area (TPSA) is 99.5 Å². The van der Waals surface area contributed by atoms with Crippen LogP contribution in [0.5, 0.6) is 11.5 Å². The van der Waals surface area contributed by atoms with Gasteiger partial charge >= 0.3 is 0 Å². The Balaban J connectivity index is 1.65. The SMILES string of the molecule is CCOc1cc2c(cc1NS(=O)(=O)c1ccc(-n3ncc(Cl)c(Cl)c3=O)cc1)OC(C)C2. The Morgan fingerprint density at radius 3 is 2.66 bits per heavy atom. The van der Waals surface area contributed by atoms with Gasteiger partial charge in [0.2, 0.25) is 0 Å². The van der Waals surface area contributed by atoms with Gasteiger partial charge in [-0.1, -0.05) is 23.2 Å². The average molecular weight is 496 g/mol. The van der Waals surface area contributed by atoms with E-state index in [4.69, 9.17) is 32.7 Å². The monoisotopic (exact) mass is 495 g/mol. The number of aromatic nitrogens is 2. The minimum absolute atomic E-state index is 0.00778. The van der Waals surface area contributed by atoms with Gasteiger partial charge in [-0.25, -0.2) is 8.42 Å². The van der Waals surface area contributed by atoms with Crippen LogP contribution in [0.4, 0.5) is 5.69 Å². The van der Waals surface area contributed by atoms with E-state index in [1.165, 1.54) is 30.5 Å². The normalized spacial score (nSPS) is 15.2. The first-order valence-corrected chi connectivity index (χ1v) is 12.0. The van der Waals surface area contributed by atoms with Crippen molar-refractivity contribution in [2.24, 2.45) is 0 Å². The first-order chi connectivity index (χ1) is 15.2. The molecule has 0 saturated heterocycles. The summed E-state index contributed by atoms with van der Waals surface area (Å²) in [5.74, 6) is 1.05. The molecular weight excluding hydrogens is 477 g/mol. The predicted molar refractivity (Wildman–Crippen MR) is 122 cm³/mol. The summed E-state index contributed by atoms with van der Waals surface area (Å²) in [4.78, 5) is 12.2. The molecule has 1 aliphatic heterocycles. The third kappa shape index (κ3) is 4.28. The molecule has 8 nitrogen and oxygen atoms in total. The highest BCUT2D eigenvalue weighted by atomic mass is 35.5. The molecule has 0 radical (unpaired) electrons. The van der Waals surface area contributed by atoms with Crippen molar-refractivity contribution in [3.63, 3.8) is 0 Å². The molecule has 0 spiro atoms. The maximum absolute atomic E-state index is 13.0. The molecule has 0 bridgehead atoms. The van der Waals surface area contributed by atoms with Crippen molar-refractivity contribution in [2.75, 3.05) is 11.3 Å². The van der Waals surface area contributed by atoms with Crippen molar-refractivity contribution in [3.05, 3.63) is 68.6 Å². The van der Waals surface area contributed by atoms with E-state index in [-0.39, 0.29) is 26.7 Å². The van der Waals surface area contributed by atoms with Crippen LogP contribution in [0.2, 0.25) is 10.0 Å². The minimum atomic E-state index is -3.95. The van der Waals surface area contributed by atoms with Gasteiger partial charge in [0, 0.05) is 18.1 Å². The molecule has 1 atom stereocenters. The molecule has 4 rings (SSSR count). The maximum atomic E-state index is 13.0. The number of rotatable bonds is 6. The molecule has 11 heteroatoms. The molecule has 2 aromatic carbocycles. The molecule has 1 aromatic heterocycles. The second-order valence-electron chi connectivity index (χ2n) is 7.14. The van der Waals surface area contributed by atoms with Crippen LogP contribution >= 0.6 is 23.2 Å². The molecule has 0 amide bonds. The summed E-state index contributed by atoms with van der Waals surface area (Å²) in [5, 5.41) is 3.80. The highest BCUT2D eigenvalue weighted by Crippen LogP contribution is 2.39. The zero-order chi connectivity index (χ0) is 23.0. The van der Waals surface area contributed by atoms with Crippen molar-refractivity contribution in [1.29, 1.82) is 0 Å². The zero-order valence-electron chi connectivity index (χ0n) is 17.1. The van der Waals surface area contributed by atoms with Crippen molar-refractivity contribution >= 4 is 38.9 Å². The first-order valence-electron chi connectivity index (χ1n) is 9.72. The van der Waals surface area contributed by atoms with Gasteiger partial charge < -0.3 is 9.47 Å². The summed E-state index contributed by atoms with van der Waals surface area (Å²) in [6, 6.07) is 9.05. The fourth-order valence-electron chi connectivity index (χ4n) is 3.36. The number of nitrogens with zero attached hydrogens (tertiary/aromatic N) is 2. The minimum Gasteiger partial charge on any atom is -0.492 e. The van der Waals surface area contributed by atoms with E-state index < -0.39 is 15.6 Å². The summed E-state index contributed by atoms with van der Waals surface area (Å²) in [5.41, 5.74) is 0.975. The zero-order valence-corrected chi connectivity index (χ0v) is 19.5. The van der Waals surface area contributed by atoms with E-state index in [9.17, 15) is 13.2 Å². The number of hydrogen-bond acceptors (Lipinski definition) is 6. The lowest BCUT2D eigenvalue weighted by Gasteiger charge is -2.15. The third-order valence-electron chi connectivity index (χ3n) is 4.81. The quantitative estimate of drug-likeness (QED) is 0.553. The van der Waals surface area contributed by atoms with Crippen LogP contribution in [0, 0.1) is 0 Å². The molecule has 0 aliphatic carbocycles. The summed E-state index contributed by atoms with van der Waals surface area (Å²) in [6.07, 6.45) is 1.98. The maximum Gasteiger partial charge on any atom is 0.291 e. The van der Waals surface area contributed by atoms with Gasteiger partial charge in [0.15, 0.2) is 0 Å². The number of fused-ring (bicyclic) bond motifs is 1. The van der Waals surface area contributed by atoms with Crippen molar-refractivity contribution < 1.29 is 17.9 Å². The van der Waals surface area contributed by atoms with E-state index in [1.807, 2.05) is 13.8 Å². The van der Waals surface area contributed by atoms with Crippen LogP contribution in [-0.4, -0.2) is 30.9 Å². The summed E-state index contributed by atoms with van der Waals surface area (Å²) >= 11 is 11.7. The van der Waals surface area contributed by atoms with Crippen molar-refractivity contribution in [3.8, 4) is 17.2 Å². The van der Waals surface area contributed by atoms with Crippen LogP contribution in [0.1, 0.15) is 19.4 Å². The molecule has 32 heavy (non-hydrogen) atoms. The third-order valence-corrected chi connectivity index (χ3v) is 6.94. The van der Waals surface area contributed by atoms with E-state index >= 15 is 0 Å². The predicted octanol–water partition coefficient (Wildman–Crippen LogP) is 4.06. The Morgan fingerprint density at radius 1 is 1.25 bits per heavy atom. The van der Waals surface area contributed by atoms with Crippen LogP contribution in [0.25, 0.3) is 5.69 Å². The molecule has 1 N–H and O–H groups in total. The number of sulfonamides is 1. The van der Waals surface area contributed by atoms with Crippen LogP contribution in [-0.2, 0) is 16.4 Å². The average Bonchev–Trinajstić information content (AvgIpc) is 3.11. The molecular formula is C21H19Cl2N3O5S. The van der Waals surface area contributed by atoms with Gasteiger partial charge in [0.05, 0.1) is 34.1 Å². The second-order valence-corrected chi connectivity index (χ2v) is 9.61. The van der Waals surface area contributed by atoms with Crippen LogP contribution in [0.3, 0.4) is 0 Å². The number of hydrogen-bond donors (Lipinski definition) is 1. The molecule has 168 valence electrons. The fraction of sp³-hybridized carbons (Fsp3) is 0.238. The highest BCUT2D eigenvalue weighted by Gasteiger charge is 2.24. The fourth-order valence-corrected chi connectivity index (χ4v) is 4.68. The largest absolute Gasteiger partial charge is 0.492 e. The molecule has 0 fully saturated rings. The van der Waals surface area contributed by atoms with Gasteiger partial charge in [-0.15, -0.1) is 0 Å². The standard InChI is InChI=1S/C21H19Cl2N3O5S/c1-3-30-19-9-13-8-12(2)31-18(13)10-17(19)25-32(28,29)15-6-4-14(5-7-15)26-21(27)20(23)16(22)11-24-26/h4-7,9-12,25H,3,8H2,1-2H3. The van der Waals surface area contributed by atoms with Crippen molar-refractivity contribution in [2.45, 2.75) is 31.3 Å². The number of anilines is 1. The summed E-state index contributed by atoms with van der Waals surface area (Å²) in [7, 11) is -3.95.